The Balaban J connectivity index is 2.25. The van der Waals surface area contributed by atoms with Crippen molar-refractivity contribution in [2.24, 2.45) is 0 Å². The maximum atomic E-state index is 11.5. The molecule has 0 amide bonds. The van der Waals surface area contributed by atoms with Crippen molar-refractivity contribution in [3.05, 3.63) is 35.9 Å². The molecule has 15 heavy (non-hydrogen) atoms. The van der Waals surface area contributed by atoms with Crippen molar-refractivity contribution in [3.63, 3.8) is 0 Å². The summed E-state index contributed by atoms with van der Waals surface area (Å²) in [6, 6.07) is 9.06. The molecule has 0 bridgehead atoms. The highest BCUT2D eigenvalue weighted by molar-refractivity contribution is 9.09. The molecule has 3 heteroatoms. The lowest BCUT2D eigenvalue weighted by Crippen LogP contribution is -2.07. The number of benzene rings is 1. The zero-order valence-electron chi connectivity index (χ0n) is 8.78. The van der Waals surface area contributed by atoms with Gasteiger partial charge < -0.3 is 4.74 Å². The van der Waals surface area contributed by atoms with Crippen LogP contribution >= 0.6 is 15.9 Å². The van der Waals surface area contributed by atoms with Gasteiger partial charge in [0.25, 0.3) is 0 Å². The summed E-state index contributed by atoms with van der Waals surface area (Å²) in [6.07, 6.45) is 1.91. The molecule has 0 saturated carbocycles. The van der Waals surface area contributed by atoms with Crippen molar-refractivity contribution >= 4 is 21.9 Å². The fourth-order valence-electron chi connectivity index (χ4n) is 1.19. The molecule has 0 fully saturated rings. The Bertz CT molecular complexity index is 296. The molecule has 0 saturated heterocycles. The van der Waals surface area contributed by atoms with Crippen LogP contribution in [-0.4, -0.2) is 17.4 Å². The molecule has 0 radical (unpaired) electrons. The third-order valence-electron chi connectivity index (χ3n) is 1.99. The molecule has 1 rings (SSSR count). The molecule has 1 atom stereocenters. The van der Waals surface area contributed by atoms with Crippen LogP contribution in [0.3, 0.4) is 0 Å². The molecule has 0 aliphatic heterocycles. The van der Waals surface area contributed by atoms with Gasteiger partial charge in [-0.3, -0.25) is 0 Å². The molecule has 0 aliphatic carbocycles. The fraction of sp³-hybridized carbons (Fsp3) is 0.417. The number of hydrogen-bond acceptors (Lipinski definition) is 2. The number of carbonyl (C=O) groups excluding carboxylic acids is 1. The summed E-state index contributed by atoms with van der Waals surface area (Å²) in [7, 11) is 0. The topological polar surface area (TPSA) is 26.3 Å². The lowest BCUT2D eigenvalue weighted by atomic mass is 10.2. The molecular formula is C12H15BrO2. The highest BCUT2D eigenvalue weighted by Gasteiger charge is 2.05. The van der Waals surface area contributed by atoms with Gasteiger partial charge >= 0.3 is 5.97 Å². The first-order valence-electron chi connectivity index (χ1n) is 5.06. The number of carbonyl (C=O) groups is 1. The first-order chi connectivity index (χ1) is 7.20. The van der Waals surface area contributed by atoms with Crippen molar-refractivity contribution in [2.75, 3.05) is 6.61 Å². The minimum atomic E-state index is -0.238. The zero-order valence-corrected chi connectivity index (χ0v) is 10.4. The lowest BCUT2D eigenvalue weighted by molar-refractivity contribution is 0.0498. The molecule has 1 aromatic carbocycles. The number of esters is 1. The number of halogens is 1. The van der Waals surface area contributed by atoms with E-state index in [1.807, 2.05) is 18.2 Å². The van der Waals surface area contributed by atoms with E-state index >= 15 is 0 Å². The summed E-state index contributed by atoms with van der Waals surface area (Å²) in [6.45, 7) is 2.57. The maximum absolute atomic E-state index is 11.5. The third-order valence-corrected chi connectivity index (χ3v) is 2.45. The summed E-state index contributed by atoms with van der Waals surface area (Å²) in [5.74, 6) is -0.238. The Morgan fingerprint density at radius 2 is 2.07 bits per heavy atom. The van der Waals surface area contributed by atoms with Gasteiger partial charge in [-0.15, -0.1) is 0 Å². The van der Waals surface area contributed by atoms with E-state index in [0.29, 0.717) is 17.0 Å². The summed E-state index contributed by atoms with van der Waals surface area (Å²) in [5.41, 5.74) is 0.615. The van der Waals surface area contributed by atoms with Gasteiger partial charge in [0, 0.05) is 4.83 Å². The van der Waals surface area contributed by atoms with Crippen molar-refractivity contribution < 1.29 is 9.53 Å². The average molecular weight is 271 g/mol. The predicted octanol–water partition coefficient (Wildman–Crippen LogP) is 3.41. The highest BCUT2D eigenvalue weighted by atomic mass is 79.9. The monoisotopic (exact) mass is 270 g/mol. The Hall–Kier alpha value is -0.830. The summed E-state index contributed by atoms with van der Waals surface area (Å²) < 4.78 is 5.12. The second kappa shape index (κ2) is 6.62. The molecular weight excluding hydrogens is 256 g/mol. The van der Waals surface area contributed by atoms with Crippen LogP contribution in [-0.2, 0) is 4.74 Å². The number of hydrogen-bond donors (Lipinski definition) is 0. The van der Waals surface area contributed by atoms with E-state index in [2.05, 4.69) is 22.9 Å². The van der Waals surface area contributed by atoms with Gasteiger partial charge in [-0.1, -0.05) is 41.1 Å². The average Bonchev–Trinajstić information content (AvgIpc) is 2.25. The molecule has 1 unspecified atom stereocenters. The summed E-state index contributed by atoms with van der Waals surface area (Å²) in [5, 5.41) is 0. The van der Waals surface area contributed by atoms with Crippen LogP contribution < -0.4 is 0 Å². The van der Waals surface area contributed by atoms with E-state index in [0.717, 1.165) is 12.8 Å². The van der Waals surface area contributed by atoms with E-state index < -0.39 is 0 Å². The van der Waals surface area contributed by atoms with E-state index in [9.17, 15) is 4.79 Å². The van der Waals surface area contributed by atoms with Crippen LogP contribution in [0.2, 0.25) is 0 Å². The molecule has 1 aromatic rings. The van der Waals surface area contributed by atoms with E-state index in [1.54, 1.807) is 12.1 Å². The van der Waals surface area contributed by atoms with Gasteiger partial charge in [-0.2, -0.15) is 0 Å². The molecule has 0 aliphatic rings. The number of alkyl halides is 1. The van der Waals surface area contributed by atoms with Crippen LogP contribution in [0.15, 0.2) is 30.3 Å². The molecule has 82 valence electrons. The normalized spacial score (nSPS) is 12.1. The minimum Gasteiger partial charge on any atom is -0.462 e. The SMILES string of the molecule is CC(Br)CCCOC(=O)c1ccccc1. The Morgan fingerprint density at radius 1 is 1.40 bits per heavy atom. The first-order valence-corrected chi connectivity index (χ1v) is 5.98. The fourth-order valence-corrected chi connectivity index (χ4v) is 1.51. The van der Waals surface area contributed by atoms with Gasteiger partial charge in [0.05, 0.1) is 12.2 Å². The van der Waals surface area contributed by atoms with Crippen molar-refractivity contribution in [1.29, 1.82) is 0 Å². The second-order valence-corrected chi connectivity index (χ2v) is 4.99. The van der Waals surface area contributed by atoms with Gasteiger partial charge in [0.2, 0.25) is 0 Å². The van der Waals surface area contributed by atoms with Crippen LogP contribution in [0.25, 0.3) is 0 Å². The lowest BCUT2D eigenvalue weighted by Gasteiger charge is -2.05. The molecule has 0 aromatic heterocycles. The largest absolute Gasteiger partial charge is 0.462 e. The van der Waals surface area contributed by atoms with E-state index in [4.69, 9.17) is 4.74 Å². The Morgan fingerprint density at radius 3 is 2.67 bits per heavy atom. The molecule has 0 N–H and O–H groups in total. The zero-order chi connectivity index (χ0) is 11.1. The van der Waals surface area contributed by atoms with E-state index in [1.165, 1.54) is 0 Å². The highest BCUT2D eigenvalue weighted by Crippen LogP contribution is 2.07. The van der Waals surface area contributed by atoms with Gasteiger partial charge in [-0.05, 0) is 25.0 Å². The van der Waals surface area contributed by atoms with Crippen molar-refractivity contribution in [3.8, 4) is 0 Å². The number of rotatable bonds is 5. The molecule has 0 heterocycles. The van der Waals surface area contributed by atoms with Crippen LogP contribution in [0, 0.1) is 0 Å². The summed E-state index contributed by atoms with van der Waals surface area (Å²) in [4.78, 5) is 11.9. The van der Waals surface area contributed by atoms with Crippen LogP contribution in [0.1, 0.15) is 30.1 Å². The molecule has 0 spiro atoms. The third kappa shape index (κ3) is 4.98. The van der Waals surface area contributed by atoms with Crippen LogP contribution in [0.5, 0.6) is 0 Å². The minimum absolute atomic E-state index is 0.238. The van der Waals surface area contributed by atoms with Gasteiger partial charge in [0.15, 0.2) is 0 Å². The number of ether oxygens (including phenoxy) is 1. The standard InChI is InChI=1S/C12H15BrO2/c1-10(13)6-5-9-15-12(14)11-7-3-2-4-8-11/h2-4,7-8,10H,5-6,9H2,1H3. The Kier molecular flexibility index (Phi) is 5.40. The first kappa shape index (κ1) is 12.2. The quantitative estimate of drug-likeness (QED) is 0.466. The maximum Gasteiger partial charge on any atom is 0.338 e. The smallest absolute Gasteiger partial charge is 0.338 e. The van der Waals surface area contributed by atoms with E-state index in [-0.39, 0.29) is 5.97 Å². The summed E-state index contributed by atoms with van der Waals surface area (Å²) >= 11 is 3.45. The predicted molar refractivity (Wildman–Crippen MR) is 64.3 cm³/mol. The second-order valence-electron chi connectivity index (χ2n) is 3.42. The van der Waals surface area contributed by atoms with Gasteiger partial charge in [-0.25, -0.2) is 4.79 Å². The molecule has 2 nitrogen and oxygen atoms in total. The van der Waals surface area contributed by atoms with Crippen LogP contribution in [0.4, 0.5) is 0 Å². The van der Waals surface area contributed by atoms with Gasteiger partial charge in [0.1, 0.15) is 0 Å². The van der Waals surface area contributed by atoms with Crippen molar-refractivity contribution in [2.45, 2.75) is 24.6 Å². The Labute approximate surface area is 98.8 Å². The van der Waals surface area contributed by atoms with Crippen molar-refractivity contribution in [1.82, 2.24) is 0 Å².